The first-order chi connectivity index (χ1) is 5.47. The highest BCUT2D eigenvalue weighted by Crippen LogP contribution is 2.52. The normalized spacial score (nSPS) is 26.9. The second-order valence-electron chi connectivity index (χ2n) is 4.13. The summed E-state index contributed by atoms with van der Waals surface area (Å²) in [7, 11) is 0. The molecule has 68 valence electrons. The van der Waals surface area contributed by atoms with Crippen molar-refractivity contribution in [2.75, 3.05) is 0 Å². The van der Waals surface area contributed by atoms with Gasteiger partial charge in [0.25, 0.3) is 0 Å². The summed E-state index contributed by atoms with van der Waals surface area (Å²) in [6.45, 7) is 6.14. The maximum atomic E-state index is 10.5. The monoisotopic (exact) mass is 167 g/mol. The maximum Gasteiger partial charge on any atom is 0.0671 e. The van der Waals surface area contributed by atoms with E-state index in [2.05, 4.69) is 13.8 Å². The lowest BCUT2D eigenvalue weighted by molar-refractivity contribution is -0.299. The Kier molecular flexibility index (Phi) is 2.27. The van der Waals surface area contributed by atoms with E-state index in [0.717, 1.165) is 6.42 Å². The van der Waals surface area contributed by atoms with Crippen molar-refractivity contribution in [1.29, 1.82) is 0 Å². The summed E-state index contributed by atoms with van der Waals surface area (Å²) in [5, 5.41) is 10.5. The molecule has 0 radical (unpaired) electrons. The fourth-order valence-corrected chi connectivity index (χ4v) is 1.37. The topological polar surface area (TPSA) is 40.1 Å². The first-order valence-corrected chi connectivity index (χ1v) is 4.39. The minimum atomic E-state index is -1.01. The smallest absolute Gasteiger partial charge is 0.0671 e. The van der Waals surface area contributed by atoms with Crippen LogP contribution in [0.15, 0.2) is 11.6 Å². The van der Waals surface area contributed by atoms with Gasteiger partial charge < -0.3 is 9.90 Å². The first-order valence-electron chi connectivity index (χ1n) is 4.39. The van der Waals surface area contributed by atoms with Crippen LogP contribution < -0.4 is 5.11 Å². The zero-order valence-corrected chi connectivity index (χ0v) is 7.89. The number of carbonyl (C=O) groups is 1. The second-order valence-corrected chi connectivity index (χ2v) is 4.13. The number of aliphatic carboxylic acids is 1. The molecular weight excluding hydrogens is 152 g/mol. The van der Waals surface area contributed by atoms with Gasteiger partial charge in [0, 0.05) is 0 Å². The zero-order valence-electron chi connectivity index (χ0n) is 7.89. The lowest BCUT2D eigenvalue weighted by atomic mass is 10.1. The van der Waals surface area contributed by atoms with Crippen LogP contribution in [0.3, 0.4) is 0 Å². The van der Waals surface area contributed by atoms with Crippen LogP contribution in [0.4, 0.5) is 0 Å². The molecule has 1 fully saturated rings. The summed E-state index contributed by atoms with van der Waals surface area (Å²) in [5.74, 6) is -0.564. The quantitative estimate of drug-likeness (QED) is 0.591. The van der Waals surface area contributed by atoms with E-state index in [-0.39, 0.29) is 0 Å². The molecule has 1 rings (SSSR count). The van der Waals surface area contributed by atoms with Crippen LogP contribution in [-0.2, 0) is 4.79 Å². The molecule has 0 aromatic carbocycles. The number of hydrogen-bond acceptors (Lipinski definition) is 2. The Morgan fingerprint density at radius 1 is 1.67 bits per heavy atom. The molecule has 0 aromatic rings. The van der Waals surface area contributed by atoms with E-state index in [0.29, 0.717) is 23.3 Å². The standard InChI is InChI=1S/C10H16O2/c1-4-7(9(11)12)5-8-6-10(8,2)3/h5,8H,4,6H2,1-3H3,(H,11,12)/p-1/b7-5+/t8-/m1/s1. The molecule has 0 heterocycles. The lowest BCUT2D eigenvalue weighted by Gasteiger charge is -2.05. The lowest BCUT2D eigenvalue weighted by Crippen LogP contribution is -2.24. The van der Waals surface area contributed by atoms with Crippen molar-refractivity contribution in [3.8, 4) is 0 Å². The molecule has 2 nitrogen and oxygen atoms in total. The number of carboxylic acid groups (broad SMARTS) is 1. The zero-order chi connectivity index (χ0) is 9.35. The fraction of sp³-hybridized carbons (Fsp3) is 0.700. The average molecular weight is 167 g/mol. The largest absolute Gasteiger partial charge is 0.545 e. The highest BCUT2D eigenvalue weighted by Gasteiger charge is 2.43. The minimum absolute atomic E-state index is 0.315. The molecule has 1 atom stereocenters. The predicted octanol–water partition coefficient (Wildman–Crippen LogP) is 1.12. The number of carbonyl (C=O) groups excluding carboxylic acids is 1. The van der Waals surface area contributed by atoms with Crippen molar-refractivity contribution in [2.24, 2.45) is 11.3 Å². The van der Waals surface area contributed by atoms with Gasteiger partial charge in [-0.25, -0.2) is 0 Å². The van der Waals surface area contributed by atoms with E-state index in [1.807, 2.05) is 13.0 Å². The van der Waals surface area contributed by atoms with E-state index in [4.69, 9.17) is 0 Å². The highest BCUT2D eigenvalue weighted by molar-refractivity contribution is 5.84. The van der Waals surface area contributed by atoms with Gasteiger partial charge in [-0.15, -0.1) is 0 Å². The first kappa shape index (κ1) is 9.30. The second kappa shape index (κ2) is 2.92. The van der Waals surface area contributed by atoms with Crippen molar-refractivity contribution in [2.45, 2.75) is 33.6 Å². The summed E-state index contributed by atoms with van der Waals surface area (Å²) in [4.78, 5) is 10.5. The van der Waals surface area contributed by atoms with Gasteiger partial charge >= 0.3 is 0 Å². The Labute approximate surface area is 73.3 Å². The molecule has 0 amide bonds. The molecule has 0 spiro atoms. The summed E-state index contributed by atoms with van der Waals surface area (Å²) in [6, 6.07) is 0. The molecule has 1 aliphatic carbocycles. The van der Waals surface area contributed by atoms with Crippen LogP contribution in [0.25, 0.3) is 0 Å². The van der Waals surface area contributed by atoms with Gasteiger partial charge in [-0.05, 0) is 29.7 Å². The summed E-state index contributed by atoms with van der Waals surface area (Å²) < 4.78 is 0. The molecule has 0 unspecified atom stereocenters. The summed E-state index contributed by atoms with van der Waals surface area (Å²) in [6.07, 6.45) is 3.52. The van der Waals surface area contributed by atoms with Gasteiger partial charge in [0.1, 0.15) is 0 Å². The summed E-state index contributed by atoms with van der Waals surface area (Å²) in [5.41, 5.74) is 0.765. The van der Waals surface area contributed by atoms with E-state index < -0.39 is 5.97 Å². The van der Waals surface area contributed by atoms with E-state index in [1.165, 1.54) is 0 Å². The molecule has 1 saturated carbocycles. The van der Waals surface area contributed by atoms with Gasteiger partial charge in [-0.3, -0.25) is 0 Å². The van der Waals surface area contributed by atoms with Gasteiger partial charge in [0.2, 0.25) is 0 Å². The molecule has 2 heteroatoms. The van der Waals surface area contributed by atoms with Gasteiger partial charge in [-0.2, -0.15) is 0 Å². The molecule has 0 bridgehead atoms. The van der Waals surface area contributed by atoms with E-state index in [1.54, 1.807) is 0 Å². The van der Waals surface area contributed by atoms with Crippen molar-refractivity contribution in [1.82, 2.24) is 0 Å². The third-order valence-electron chi connectivity index (χ3n) is 2.64. The molecule has 0 aliphatic heterocycles. The molecule has 0 saturated heterocycles. The number of allylic oxidation sites excluding steroid dienone is 1. The minimum Gasteiger partial charge on any atom is -0.545 e. The van der Waals surface area contributed by atoms with Gasteiger partial charge in [-0.1, -0.05) is 26.8 Å². The fourth-order valence-electron chi connectivity index (χ4n) is 1.37. The predicted molar refractivity (Wildman–Crippen MR) is 45.3 cm³/mol. The van der Waals surface area contributed by atoms with Crippen molar-refractivity contribution in [3.63, 3.8) is 0 Å². The van der Waals surface area contributed by atoms with Crippen LogP contribution >= 0.6 is 0 Å². The Balaban J connectivity index is 2.62. The van der Waals surface area contributed by atoms with Crippen molar-refractivity contribution >= 4 is 5.97 Å². The Morgan fingerprint density at radius 3 is 2.42 bits per heavy atom. The molecule has 1 aliphatic rings. The third-order valence-corrected chi connectivity index (χ3v) is 2.64. The Morgan fingerprint density at radius 2 is 2.17 bits per heavy atom. The van der Waals surface area contributed by atoms with Crippen LogP contribution in [-0.4, -0.2) is 5.97 Å². The Hall–Kier alpha value is -0.790. The van der Waals surface area contributed by atoms with Crippen molar-refractivity contribution in [3.05, 3.63) is 11.6 Å². The number of carboxylic acids is 1. The van der Waals surface area contributed by atoms with E-state index in [9.17, 15) is 9.90 Å². The molecule has 12 heavy (non-hydrogen) atoms. The number of hydrogen-bond donors (Lipinski definition) is 0. The van der Waals surface area contributed by atoms with Crippen LogP contribution in [0.2, 0.25) is 0 Å². The number of rotatable bonds is 3. The maximum absolute atomic E-state index is 10.5. The molecule has 0 N–H and O–H groups in total. The SMILES string of the molecule is CC/C(=C\[C@@H]1CC1(C)C)C(=O)[O-]. The van der Waals surface area contributed by atoms with Gasteiger partial charge in [0.15, 0.2) is 0 Å². The Bertz CT molecular complexity index is 226. The summed E-state index contributed by atoms with van der Waals surface area (Å²) >= 11 is 0. The van der Waals surface area contributed by atoms with Crippen LogP contribution in [0.5, 0.6) is 0 Å². The van der Waals surface area contributed by atoms with Crippen molar-refractivity contribution < 1.29 is 9.90 Å². The highest BCUT2D eigenvalue weighted by atomic mass is 16.4. The molecular formula is C10H15O2-. The van der Waals surface area contributed by atoms with Gasteiger partial charge in [0.05, 0.1) is 5.97 Å². The van der Waals surface area contributed by atoms with Crippen LogP contribution in [0, 0.1) is 11.3 Å². The molecule has 0 aromatic heterocycles. The van der Waals surface area contributed by atoms with Crippen LogP contribution in [0.1, 0.15) is 33.6 Å². The third kappa shape index (κ3) is 1.87. The van der Waals surface area contributed by atoms with E-state index >= 15 is 0 Å². The average Bonchev–Trinajstić information content (AvgIpc) is 2.53.